The molecule has 0 amide bonds. The molecule has 2 aromatic carbocycles. The van der Waals surface area contributed by atoms with Crippen LogP contribution in [0, 0.1) is 0 Å². The summed E-state index contributed by atoms with van der Waals surface area (Å²) in [5.74, 6) is -0.582. The van der Waals surface area contributed by atoms with Crippen molar-refractivity contribution in [3.05, 3.63) is 76.7 Å². The molecule has 0 aliphatic carbocycles. The molecule has 27 heavy (non-hydrogen) atoms. The van der Waals surface area contributed by atoms with Gasteiger partial charge >= 0.3 is 5.97 Å². The molecule has 0 fully saturated rings. The highest BCUT2D eigenvalue weighted by Gasteiger charge is 2.19. The predicted octanol–water partition coefficient (Wildman–Crippen LogP) is 2.75. The van der Waals surface area contributed by atoms with Crippen LogP contribution in [0.2, 0.25) is 0 Å². The Balaban J connectivity index is 2.04. The summed E-state index contributed by atoms with van der Waals surface area (Å²) >= 11 is 0. The molecule has 0 saturated carbocycles. The van der Waals surface area contributed by atoms with Gasteiger partial charge in [0.1, 0.15) is 0 Å². The van der Waals surface area contributed by atoms with Gasteiger partial charge in [0.05, 0.1) is 18.2 Å². The number of rotatable bonds is 3. The second-order valence-corrected chi connectivity index (χ2v) is 5.98. The van der Waals surface area contributed by atoms with Crippen LogP contribution in [0.25, 0.3) is 27.8 Å². The Morgan fingerprint density at radius 1 is 1.11 bits per heavy atom. The summed E-state index contributed by atoms with van der Waals surface area (Å²) < 4.78 is 6.20. The highest BCUT2D eigenvalue weighted by Crippen LogP contribution is 2.27. The Labute approximate surface area is 154 Å². The number of nitrogens with zero attached hydrogens (tertiary/aromatic N) is 2. The lowest BCUT2D eigenvalue weighted by atomic mass is 10.0. The molecular weight excluding hydrogens is 344 g/mol. The molecular formula is C20H16N4O3. The van der Waals surface area contributed by atoms with Crippen molar-refractivity contribution in [2.45, 2.75) is 0 Å². The van der Waals surface area contributed by atoms with Crippen LogP contribution >= 0.6 is 0 Å². The standard InChI is InChI=1S/C20H16N4O3/c1-27-20(26)16-11-15(12-7-9-13(21)10-8-12)17-18(22-16)23-24(19(17)25)14-5-3-2-4-6-14/h2-11H,21H2,1H3,(H,22,23). The van der Waals surface area contributed by atoms with E-state index in [1.165, 1.54) is 11.8 Å². The summed E-state index contributed by atoms with van der Waals surface area (Å²) in [5, 5.41) is 3.37. The number of carbonyl (C=O) groups excluding carboxylic acids is 1. The number of nitrogens with one attached hydrogen (secondary N) is 1. The van der Waals surface area contributed by atoms with Gasteiger partial charge in [-0.1, -0.05) is 30.3 Å². The number of hydrogen-bond acceptors (Lipinski definition) is 5. The van der Waals surface area contributed by atoms with Crippen LogP contribution in [-0.2, 0) is 4.74 Å². The smallest absolute Gasteiger partial charge is 0.356 e. The van der Waals surface area contributed by atoms with Crippen LogP contribution in [-0.4, -0.2) is 27.8 Å². The van der Waals surface area contributed by atoms with Gasteiger partial charge in [-0.2, -0.15) is 0 Å². The van der Waals surface area contributed by atoms with Crippen LogP contribution in [0.3, 0.4) is 0 Å². The molecule has 0 bridgehead atoms. The van der Waals surface area contributed by atoms with E-state index >= 15 is 0 Å². The van der Waals surface area contributed by atoms with E-state index in [4.69, 9.17) is 10.5 Å². The highest BCUT2D eigenvalue weighted by atomic mass is 16.5. The predicted molar refractivity (Wildman–Crippen MR) is 103 cm³/mol. The zero-order valence-corrected chi connectivity index (χ0v) is 14.5. The van der Waals surface area contributed by atoms with Crippen molar-refractivity contribution in [3.8, 4) is 16.8 Å². The van der Waals surface area contributed by atoms with Crippen LogP contribution in [0.15, 0.2) is 65.5 Å². The molecule has 0 saturated heterocycles. The minimum absolute atomic E-state index is 0.110. The molecule has 2 heterocycles. The maximum absolute atomic E-state index is 13.1. The Kier molecular flexibility index (Phi) is 3.97. The Morgan fingerprint density at radius 2 is 1.81 bits per heavy atom. The number of H-pyrrole nitrogens is 1. The first-order valence-corrected chi connectivity index (χ1v) is 8.24. The van der Waals surface area contributed by atoms with Crippen LogP contribution < -0.4 is 11.3 Å². The van der Waals surface area contributed by atoms with Crippen molar-refractivity contribution in [2.75, 3.05) is 12.8 Å². The monoisotopic (exact) mass is 360 g/mol. The number of fused-ring (bicyclic) bond motifs is 1. The fraction of sp³-hybridized carbons (Fsp3) is 0.0500. The van der Waals surface area contributed by atoms with E-state index in [2.05, 4.69) is 10.1 Å². The maximum Gasteiger partial charge on any atom is 0.356 e. The first-order valence-electron chi connectivity index (χ1n) is 8.24. The topological polar surface area (TPSA) is 103 Å². The van der Waals surface area contributed by atoms with E-state index in [0.717, 1.165) is 5.56 Å². The average Bonchev–Trinajstić information content (AvgIpc) is 3.04. The Hall–Kier alpha value is -3.87. The minimum atomic E-state index is -0.582. The molecule has 0 spiro atoms. The van der Waals surface area contributed by atoms with E-state index in [9.17, 15) is 9.59 Å². The Bertz CT molecular complexity index is 1190. The second kappa shape index (κ2) is 6.45. The lowest BCUT2D eigenvalue weighted by Crippen LogP contribution is -2.14. The third-order valence-corrected chi connectivity index (χ3v) is 4.28. The van der Waals surface area contributed by atoms with Gasteiger partial charge in [0, 0.05) is 11.3 Å². The SMILES string of the molecule is COC(=O)c1cc(-c2ccc(N)cc2)c2c(=O)n(-c3ccccc3)[nH]c2n1. The van der Waals surface area contributed by atoms with Crippen LogP contribution in [0.5, 0.6) is 0 Å². The van der Waals surface area contributed by atoms with E-state index in [-0.39, 0.29) is 11.3 Å². The molecule has 7 heteroatoms. The summed E-state index contributed by atoms with van der Waals surface area (Å²) in [6.07, 6.45) is 0. The van der Waals surface area contributed by atoms with Gasteiger partial charge in [0.2, 0.25) is 0 Å². The number of nitrogens with two attached hydrogens (primary N) is 1. The third-order valence-electron chi connectivity index (χ3n) is 4.28. The van der Waals surface area contributed by atoms with Crippen molar-refractivity contribution in [3.63, 3.8) is 0 Å². The number of anilines is 1. The number of benzene rings is 2. The van der Waals surface area contributed by atoms with Crippen molar-refractivity contribution >= 4 is 22.7 Å². The Morgan fingerprint density at radius 3 is 2.48 bits per heavy atom. The van der Waals surface area contributed by atoms with Crippen molar-refractivity contribution in [2.24, 2.45) is 0 Å². The molecule has 0 radical (unpaired) electrons. The van der Waals surface area contributed by atoms with Crippen molar-refractivity contribution < 1.29 is 9.53 Å². The number of nitrogen functional groups attached to an aromatic ring is 1. The summed E-state index contributed by atoms with van der Waals surface area (Å²) in [6.45, 7) is 0. The number of pyridine rings is 1. The first kappa shape index (κ1) is 16.6. The number of aromatic amines is 1. The normalized spacial score (nSPS) is 10.9. The third kappa shape index (κ3) is 2.85. The second-order valence-electron chi connectivity index (χ2n) is 5.98. The summed E-state index contributed by atoms with van der Waals surface area (Å²) in [4.78, 5) is 29.4. The molecule has 2 aromatic heterocycles. The zero-order chi connectivity index (χ0) is 19.0. The summed E-state index contributed by atoms with van der Waals surface area (Å²) in [6, 6.07) is 17.8. The highest BCUT2D eigenvalue weighted by molar-refractivity contribution is 5.98. The fourth-order valence-electron chi connectivity index (χ4n) is 2.97. The largest absolute Gasteiger partial charge is 0.464 e. The van der Waals surface area contributed by atoms with Gasteiger partial charge < -0.3 is 10.5 Å². The van der Waals surface area contributed by atoms with Gasteiger partial charge in [0.15, 0.2) is 11.3 Å². The number of carbonyl (C=O) groups is 1. The lowest BCUT2D eigenvalue weighted by Gasteiger charge is -2.06. The lowest BCUT2D eigenvalue weighted by molar-refractivity contribution is 0.0594. The number of aromatic nitrogens is 3. The molecule has 3 N–H and O–H groups in total. The summed E-state index contributed by atoms with van der Waals surface area (Å²) in [5.41, 5.74) is 8.53. The van der Waals surface area contributed by atoms with E-state index in [0.29, 0.717) is 28.0 Å². The molecule has 0 aliphatic rings. The molecule has 4 aromatic rings. The number of hydrogen-bond donors (Lipinski definition) is 2. The zero-order valence-electron chi connectivity index (χ0n) is 14.5. The number of para-hydroxylation sites is 1. The first-order chi connectivity index (χ1) is 13.1. The average molecular weight is 360 g/mol. The van der Waals surface area contributed by atoms with Crippen LogP contribution in [0.4, 0.5) is 5.69 Å². The van der Waals surface area contributed by atoms with Crippen molar-refractivity contribution in [1.29, 1.82) is 0 Å². The van der Waals surface area contributed by atoms with Gasteiger partial charge in [0.25, 0.3) is 5.56 Å². The minimum Gasteiger partial charge on any atom is -0.464 e. The number of methoxy groups -OCH3 is 1. The molecule has 134 valence electrons. The molecule has 0 aliphatic heterocycles. The molecule has 4 rings (SSSR count). The van der Waals surface area contributed by atoms with Gasteiger partial charge in [-0.15, -0.1) is 0 Å². The van der Waals surface area contributed by atoms with E-state index in [1.54, 1.807) is 42.5 Å². The van der Waals surface area contributed by atoms with E-state index < -0.39 is 5.97 Å². The van der Waals surface area contributed by atoms with Gasteiger partial charge in [-0.25, -0.2) is 14.5 Å². The molecule has 7 nitrogen and oxygen atoms in total. The number of esters is 1. The van der Waals surface area contributed by atoms with Crippen molar-refractivity contribution in [1.82, 2.24) is 14.8 Å². The molecule has 0 unspecified atom stereocenters. The van der Waals surface area contributed by atoms with Crippen LogP contribution in [0.1, 0.15) is 10.5 Å². The fourth-order valence-corrected chi connectivity index (χ4v) is 2.97. The number of ether oxygens (including phenoxy) is 1. The molecule has 0 atom stereocenters. The maximum atomic E-state index is 13.1. The quantitative estimate of drug-likeness (QED) is 0.432. The summed E-state index contributed by atoms with van der Waals surface area (Å²) in [7, 11) is 1.29. The van der Waals surface area contributed by atoms with Gasteiger partial charge in [-0.3, -0.25) is 9.89 Å². The van der Waals surface area contributed by atoms with Gasteiger partial charge in [-0.05, 0) is 35.9 Å². The van der Waals surface area contributed by atoms with E-state index in [1.807, 2.05) is 18.2 Å².